The van der Waals surface area contributed by atoms with Crippen LogP contribution >= 0.6 is 12.6 Å². The number of aliphatic carboxylic acids is 2. The number of carbonyl (C=O) groups is 4. The predicted octanol–water partition coefficient (Wildman–Crippen LogP) is -2.78. The van der Waals surface area contributed by atoms with Gasteiger partial charge in [0.05, 0.1) is 6.04 Å². The topological polar surface area (TPSA) is 223 Å². The number of nitrogens with two attached hydrogens (primary N) is 3. The average Bonchev–Trinajstić information content (AvgIpc) is 2.58. The van der Waals surface area contributed by atoms with Crippen LogP contribution in [0.4, 0.5) is 0 Å². The zero-order valence-electron chi connectivity index (χ0n) is 14.6. The van der Waals surface area contributed by atoms with Crippen LogP contribution in [0.15, 0.2) is 4.99 Å². The number of carboxylic acids is 2. The molecule has 0 fully saturated rings. The van der Waals surface area contributed by atoms with Crippen LogP contribution < -0.4 is 27.8 Å². The third-order valence-electron chi connectivity index (χ3n) is 3.38. The van der Waals surface area contributed by atoms with Gasteiger partial charge in [0.2, 0.25) is 11.8 Å². The van der Waals surface area contributed by atoms with Crippen LogP contribution in [0.1, 0.15) is 25.7 Å². The lowest BCUT2D eigenvalue weighted by molar-refractivity contribution is -0.142. The Morgan fingerprint density at radius 2 is 1.59 bits per heavy atom. The Hall–Kier alpha value is -2.54. The third-order valence-corrected chi connectivity index (χ3v) is 3.75. The van der Waals surface area contributed by atoms with Gasteiger partial charge in [-0.1, -0.05) is 0 Å². The van der Waals surface area contributed by atoms with Gasteiger partial charge in [-0.15, -0.1) is 0 Å². The molecule has 0 spiro atoms. The summed E-state index contributed by atoms with van der Waals surface area (Å²) in [5, 5.41) is 22.4. The minimum absolute atomic E-state index is 0.0726. The second-order valence-corrected chi connectivity index (χ2v) is 6.00. The molecule has 0 saturated carbocycles. The van der Waals surface area contributed by atoms with E-state index in [0.717, 1.165) is 0 Å². The van der Waals surface area contributed by atoms with Gasteiger partial charge in [-0.3, -0.25) is 19.4 Å². The number of rotatable bonds is 13. The molecule has 27 heavy (non-hydrogen) atoms. The summed E-state index contributed by atoms with van der Waals surface area (Å²) in [6, 6.07) is -3.45. The maximum absolute atomic E-state index is 12.2. The Labute approximate surface area is 161 Å². The molecule has 3 atom stereocenters. The molecule has 0 aromatic carbocycles. The molecule has 0 aliphatic heterocycles. The number of guanidine groups is 1. The zero-order chi connectivity index (χ0) is 21.0. The second kappa shape index (κ2) is 12.8. The minimum atomic E-state index is -1.25. The Morgan fingerprint density at radius 1 is 1.00 bits per heavy atom. The summed E-state index contributed by atoms with van der Waals surface area (Å²) in [5.74, 6) is -4.07. The lowest BCUT2D eigenvalue weighted by Crippen LogP contribution is -2.55. The third kappa shape index (κ3) is 10.9. The largest absolute Gasteiger partial charge is 0.481 e. The van der Waals surface area contributed by atoms with Crippen molar-refractivity contribution in [3.05, 3.63) is 0 Å². The van der Waals surface area contributed by atoms with Gasteiger partial charge < -0.3 is 38.0 Å². The van der Waals surface area contributed by atoms with E-state index >= 15 is 0 Å². The first-order valence-electron chi connectivity index (χ1n) is 8.05. The Kier molecular flexibility index (Phi) is 11.6. The first-order valence-corrected chi connectivity index (χ1v) is 8.68. The van der Waals surface area contributed by atoms with Crippen LogP contribution in [-0.4, -0.2) is 70.3 Å². The number of hydrogen-bond donors (Lipinski definition) is 8. The quantitative estimate of drug-likeness (QED) is 0.0684. The van der Waals surface area contributed by atoms with Gasteiger partial charge in [0.15, 0.2) is 5.96 Å². The van der Waals surface area contributed by atoms with Crippen molar-refractivity contribution >= 4 is 42.3 Å². The molecule has 0 aliphatic carbocycles. The van der Waals surface area contributed by atoms with Gasteiger partial charge in [-0.25, -0.2) is 4.79 Å². The molecule has 0 aliphatic rings. The molecular weight excluding hydrogens is 380 g/mol. The normalized spacial score (nSPS) is 13.7. The fourth-order valence-corrected chi connectivity index (χ4v) is 2.17. The number of thiol groups is 1. The van der Waals surface area contributed by atoms with E-state index in [1.807, 2.05) is 0 Å². The molecule has 0 aromatic rings. The molecule has 10 N–H and O–H groups in total. The van der Waals surface area contributed by atoms with Crippen LogP contribution in [0, 0.1) is 0 Å². The monoisotopic (exact) mass is 406 g/mol. The Bertz CT molecular complexity index is 568. The molecule has 13 heteroatoms. The molecule has 2 amide bonds. The van der Waals surface area contributed by atoms with E-state index in [1.165, 1.54) is 0 Å². The molecule has 12 nitrogen and oxygen atoms in total. The first kappa shape index (κ1) is 24.5. The predicted molar refractivity (Wildman–Crippen MR) is 100 cm³/mol. The van der Waals surface area contributed by atoms with Gasteiger partial charge in [0.1, 0.15) is 12.1 Å². The van der Waals surface area contributed by atoms with Crippen molar-refractivity contribution in [2.75, 3.05) is 12.3 Å². The van der Waals surface area contributed by atoms with E-state index in [4.69, 9.17) is 22.3 Å². The maximum Gasteiger partial charge on any atom is 0.326 e. The fourth-order valence-electron chi connectivity index (χ4n) is 1.92. The summed E-state index contributed by atoms with van der Waals surface area (Å²) in [5.41, 5.74) is 15.9. The van der Waals surface area contributed by atoms with Crippen LogP contribution in [0.5, 0.6) is 0 Å². The molecule has 0 unspecified atom stereocenters. The van der Waals surface area contributed by atoms with Crippen LogP contribution in [-0.2, 0) is 19.2 Å². The van der Waals surface area contributed by atoms with Gasteiger partial charge in [-0.2, -0.15) is 12.6 Å². The molecule has 0 aromatic heterocycles. The van der Waals surface area contributed by atoms with E-state index in [1.54, 1.807) is 0 Å². The average molecular weight is 406 g/mol. The Morgan fingerprint density at radius 3 is 2.07 bits per heavy atom. The number of nitrogens with one attached hydrogen (secondary N) is 2. The van der Waals surface area contributed by atoms with Crippen molar-refractivity contribution in [1.29, 1.82) is 0 Å². The smallest absolute Gasteiger partial charge is 0.326 e. The van der Waals surface area contributed by atoms with E-state index in [2.05, 4.69) is 28.3 Å². The lowest BCUT2D eigenvalue weighted by Gasteiger charge is -2.21. The van der Waals surface area contributed by atoms with Crippen molar-refractivity contribution in [1.82, 2.24) is 10.6 Å². The zero-order valence-corrected chi connectivity index (χ0v) is 15.5. The number of aliphatic imine (C=N–C) groups is 1. The molecule has 0 rings (SSSR count). The van der Waals surface area contributed by atoms with Gasteiger partial charge in [0, 0.05) is 18.7 Å². The first-order chi connectivity index (χ1) is 12.6. The SMILES string of the molecule is NC(N)=NCCC[C@H](NC(=O)[C@H](CS)NC(=O)[C@@H](N)CCC(=O)O)C(=O)O. The second-order valence-electron chi connectivity index (χ2n) is 5.63. The van der Waals surface area contributed by atoms with Crippen LogP contribution in [0.2, 0.25) is 0 Å². The van der Waals surface area contributed by atoms with E-state index in [9.17, 15) is 24.3 Å². The summed E-state index contributed by atoms with van der Waals surface area (Å²) >= 11 is 3.96. The van der Waals surface area contributed by atoms with Crippen LogP contribution in [0.3, 0.4) is 0 Å². The van der Waals surface area contributed by atoms with Gasteiger partial charge in [-0.05, 0) is 19.3 Å². The summed E-state index contributed by atoms with van der Waals surface area (Å²) in [6.07, 6.45) is -0.0237. The number of carbonyl (C=O) groups excluding carboxylic acids is 2. The number of nitrogens with zero attached hydrogens (tertiary/aromatic N) is 1. The maximum atomic E-state index is 12.2. The van der Waals surface area contributed by atoms with Crippen molar-refractivity contribution in [3.8, 4) is 0 Å². The highest BCUT2D eigenvalue weighted by atomic mass is 32.1. The summed E-state index contributed by atoms with van der Waals surface area (Å²) in [6.45, 7) is 0.202. The highest BCUT2D eigenvalue weighted by Crippen LogP contribution is 2.01. The highest BCUT2D eigenvalue weighted by molar-refractivity contribution is 7.80. The Balaban J connectivity index is 4.68. The van der Waals surface area contributed by atoms with Gasteiger partial charge in [0.25, 0.3) is 0 Å². The molecule has 154 valence electrons. The fraction of sp³-hybridized carbons (Fsp3) is 0.643. The summed E-state index contributed by atoms with van der Waals surface area (Å²) in [7, 11) is 0. The van der Waals surface area contributed by atoms with E-state index < -0.39 is 41.9 Å². The lowest BCUT2D eigenvalue weighted by atomic mass is 10.1. The van der Waals surface area contributed by atoms with Crippen molar-refractivity contribution < 1.29 is 29.4 Å². The van der Waals surface area contributed by atoms with Crippen LogP contribution in [0.25, 0.3) is 0 Å². The summed E-state index contributed by atoms with van der Waals surface area (Å²) < 4.78 is 0. The van der Waals surface area contributed by atoms with Crippen molar-refractivity contribution in [2.45, 2.75) is 43.8 Å². The number of hydrogen-bond acceptors (Lipinski definition) is 7. The highest BCUT2D eigenvalue weighted by Gasteiger charge is 2.27. The van der Waals surface area contributed by atoms with Crippen molar-refractivity contribution in [3.63, 3.8) is 0 Å². The number of carboxylic acid groups (broad SMARTS) is 2. The molecule has 0 saturated heterocycles. The van der Waals surface area contributed by atoms with Gasteiger partial charge >= 0.3 is 11.9 Å². The molecule has 0 heterocycles. The molecule has 0 radical (unpaired) electrons. The minimum Gasteiger partial charge on any atom is -0.481 e. The van der Waals surface area contributed by atoms with Crippen molar-refractivity contribution in [2.24, 2.45) is 22.2 Å². The van der Waals surface area contributed by atoms with E-state index in [0.29, 0.717) is 6.42 Å². The van der Waals surface area contributed by atoms with E-state index in [-0.39, 0.29) is 37.5 Å². The standard InChI is InChI=1S/C14H26N6O6S/c15-7(3-4-10(21)22)11(23)20-9(6-27)12(24)19-8(13(25)26)2-1-5-18-14(16)17/h7-9,27H,1-6,15H2,(H,19,24)(H,20,23)(H,21,22)(H,25,26)(H4,16,17,18)/t7-,8-,9-/m0/s1. The summed E-state index contributed by atoms with van der Waals surface area (Å²) in [4.78, 5) is 49.6. The molecule has 0 bridgehead atoms. The molecular formula is C14H26N6O6S. The number of amides is 2.